The SMILES string of the molecule is COCCCOc1cc(C[C@@H](C[C@H](N)C(O)C[C@H](C(=O)NC[C@@H]2CCCCO2)C(C)C)C(C)C)ccc1OC. The van der Waals surface area contributed by atoms with Crippen LogP contribution >= 0.6 is 0 Å². The van der Waals surface area contributed by atoms with Crippen molar-refractivity contribution in [2.75, 3.05) is 40.6 Å². The second-order valence-electron chi connectivity index (χ2n) is 11.7. The fourth-order valence-electron chi connectivity index (χ4n) is 5.18. The van der Waals surface area contributed by atoms with Crippen LogP contribution in [-0.2, 0) is 20.7 Å². The molecule has 5 atom stereocenters. The number of carbonyl (C=O) groups is 1. The molecule has 0 bridgehead atoms. The van der Waals surface area contributed by atoms with Gasteiger partial charge in [0.1, 0.15) is 0 Å². The normalized spacial score (nSPS) is 19.0. The molecule has 0 aromatic heterocycles. The molecule has 4 N–H and O–H groups in total. The molecule has 8 heteroatoms. The van der Waals surface area contributed by atoms with Crippen LogP contribution in [0.4, 0.5) is 0 Å². The van der Waals surface area contributed by atoms with Crippen LogP contribution in [0.25, 0.3) is 0 Å². The van der Waals surface area contributed by atoms with E-state index < -0.39 is 12.1 Å². The minimum absolute atomic E-state index is 0.0258. The highest BCUT2D eigenvalue weighted by molar-refractivity contribution is 5.78. The smallest absolute Gasteiger partial charge is 0.223 e. The van der Waals surface area contributed by atoms with E-state index in [1.807, 2.05) is 26.0 Å². The van der Waals surface area contributed by atoms with E-state index in [4.69, 9.17) is 24.7 Å². The average molecular weight is 551 g/mol. The van der Waals surface area contributed by atoms with E-state index in [-0.39, 0.29) is 29.8 Å². The summed E-state index contributed by atoms with van der Waals surface area (Å²) >= 11 is 0. The zero-order valence-corrected chi connectivity index (χ0v) is 25.1. The van der Waals surface area contributed by atoms with Crippen molar-refractivity contribution >= 4 is 5.91 Å². The molecule has 1 amide bonds. The minimum atomic E-state index is -0.758. The van der Waals surface area contributed by atoms with Gasteiger partial charge in [0.15, 0.2) is 11.5 Å². The third-order valence-corrected chi connectivity index (χ3v) is 7.90. The van der Waals surface area contributed by atoms with Crippen LogP contribution in [0.5, 0.6) is 11.5 Å². The topological polar surface area (TPSA) is 112 Å². The quantitative estimate of drug-likeness (QED) is 0.233. The van der Waals surface area contributed by atoms with Crippen LogP contribution in [0.3, 0.4) is 0 Å². The van der Waals surface area contributed by atoms with Crippen LogP contribution in [0.2, 0.25) is 0 Å². The van der Waals surface area contributed by atoms with Crippen LogP contribution in [0.1, 0.15) is 71.8 Å². The third kappa shape index (κ3) is 11.6. The zero-order valence-electron chi connectivity index (χ0n) is 25.1. The molecule has 1 unspecified atom stereocenters. The second kappa shape index (κ2) is 17.7. The summed E-state index contributed by atoms with van der Waals surface area (Å²) in [5.41, 5.74) is 7.70. The van der Waals surface area contributed by atoms with Gasteiger partial charge in [-0.1, -0.05) is 33.8 Å². The molecular weight excluding hydrogens is 496 g/mol. The highest BCUT2D eigenvalue weighted by Crippen LogP contribution is 2.32. The van der Waals surface area contributed by atoms with Crippen molar-refractivity contribution in [3.63, 3.8) is 0 Å². The van der Waals surface area contributed by atoms with Crippen LogP contribution in [0.15, 0.2) is 18.2 Å². The summed E-state index contributed by atoms with van der Waals surface area (Å²) < 4.78 is 22.3. The lowest BCUT2D eigenvalue weighted by atomic mass is 9.81. The lowest BCUT2D eigenvalue weighted by molar-refractivity contribution is -0.128. The van der Waals surface area contributed by atoms with Gasteiger partial charge in [-0.25, -0.2) is 0 Å². The summed E-state index contributed by atoms with van der Waals surface area (Å²) in [6, 6.07) is 5.62. The maximum atomic E-state index is 13.0. The summed E-state index contributed by atoms with van der Waals surface area (Å²) in [6.45, 7) is 10.9. The molecule has 1 heterocycles. The van der Waals surface area contributed by atoms with Gasteiger partial charge in [0.2, 0.25) is 5.91 Å². The Morgan fingerprint density at radius 1 is 1.10 bits per heavy atom. The van der Waals surface area contributed by atoms with Crippen LogP contribution in [0, 0.1) is 23.7 Å². The number of methoxy groups -OCH3 is 2. The van der Waals surface area contributed by atoms with E-state index in [2.05, 4.69) is 25.2 Å². The molecule has 1 saturated heterocycles. The molecule has 1 aromatic rings. The number of ether oxygens (including phenoxy) is 4. The van der Waals surface area contributed by atoms with Gasteiger partial charge < -0.3 is 35.1 Å². The Bertz CT molecular complexity index is 827. The van der Waals surface area contributed by atoms with Crippen molar-refractivity contribution in [2.24, 2.45) is 29.4 Å². The number of hydrogen-bond acceptors (Lipinski definition) is 7. The summed E-state index contributed by atoms with van der Waals surface area (Å²) in [5, 5.41) is 14.1. The number of nitrogens with two attached hydrogens (primary N) is 1. The Morgan fingerprint density at radius 2 is 1.87 bits per heavy atom. The molecule has 1 aromatic carbocycles. The van der Waals surface area contributed by atoms with E-state index in [0.717, 1.165) is 50.0 Å². The first-order valence-corrected chi connectivity index (χ1v) is 14.8. The predicted octanol–water partition coefficient (Wildman–Crippen LogP) is 4.35. The van der Waals surface area contributed by atoms with Crippen molar-refractivity contribution in [1.82, 2.24) is 5.32 Å². The lowest BCUT2D eigenvalue weighted by Gasteiger charge is -2.30. The van der Waals surface area contributed by atoms with Gasteiger partial charge in [0.25, 0.3) is 0 Å². The van der Waals surface area contributed by atoms with Crippen LogP contribution < -0.4 is 20.5 Å². The molecule has 1 aliphatic rings. The van der Waals surface area contributed by atoms with Crippen LogP contribution in [-0.4, -0.2) is 69.8 Å². The largest absolute Gasteiger partial charge is 0.493 e. The Labute approximate surface area is 236 Å². The number of rotatable bonds is 18. The standard InChI is InChI=1S/C31H54N2O6/c1-21(2)24(16-23-11-12-29(37-6)30(17-23)39-15-9-13-36-5)18-27(32)28(34)19-26(22(3)4)31(35)33-20-25-10-7-8-14-38-25/h11-12,17,21-22,24-28,34H,7-10,13-16,18-20,32H2,1-6H3,(H,33,35)/t24-,25-,26-,27-,28?/m0/s1. The fourth-order valence-corrected chi connectivity index (χ4v) is 5.18. The van der Waals surface area contributed by atoms with Gasteiger partial charge in [-0.05, 0) is 74.0 Å². The molecule has 224 valence electrons. The van der Waals surface area contributed by atoms with E-state index in [9.17, 15) is 9.90 Å². The molecule has 39 heavy (non-hydrogen) atoms. The Kier molecular flexibility index (Phi) is 15.2. The maximum Gasteiger partial charge on any atom is 0.223 e. The molecule has 0 radical (unpaired) electrons. The number of amides is 1. The number of aliphatic hydroxyl groups excluding tert-OH is 1. The van der Waals surface area contributed by atoms with Crippen molar-refractivity contribution in [3.05, 3.63) is 23.8 Å². The summed E-state index contributed by atoms with van der Waals surface area (Å²) in [7, 11) is 3.32. The van der Waals surface area contributed by atoms with Crippen molar-refractivity contribution in [1.29, 1.82) is 0 Å². The molecule has 0 saturated carbocycles. The van der Waals surface area contributed by atoms with Crippen molar-refractivity contribution in [2.45, 2.75) is 90.9 Å². The van der Waals surface area contributed by atoms with Crippen molar-refractivity contribution in [3.8, 4) is 11.5 Å². The zero-order chi connectivity index (χ0) is 28.8. The third-order valence-electron chi connectivity index (χ3n) is 7.90. The average Bonchev–Trinajstić information content (AvgIpc) is 2.92. The molecule has 1 aliphatic heterocycles. The molecule has 0 aliphatic carbocycles. The molecule has 2 rings (SSSR count). The van der Waals surface area contributed by atoms with Gasteiger partial charge in [-0.2, -0.15) is 0 Å². The van der Waals surface area contributed by atoms with E-state index in [1.54, 1.807) is 14.2 Å². The van der Waals surface area contributed by atoms with Crippen molar-refractivity contribution < 1.29 is 28.8 Å². The van der Waals surface area contributed by atoms with Gasteiger partial charge in [-0.15, -0.1) is 0 Å². The minimum Gasteiger partial charge on any atom is -0.493 e. The Hall–Kier alpha value is -1.87. The van der Waals surface area contributed by atoms with E-state index in [1.165, 1.54) is 0 Å². The highest BCUT2D eigenvalue weighted by Gasteiger charge is 2.30. The number of benzene rings is 1. The first kappa shape index (κ1) is 33.3. The Morgan fingerprint density at radius 3 is 2.49 bits per heavy atom. The summed E-state index contributed by atoms with van der Waals surface area (Å²) in [6.07, 6.45) is 5.16. The molecule has 1 fully saturated rings. The lowest BCUT2D eigenvalue weighted by Crippen LogP contribution is -2.44. The fraction of sp³-hybridized carbons (Fsp3) is 0.774. The number of nitrogens with one attached hydrogen (secondary N) is 1. The molecule has 0 spiro atoms. The first-order valence-electron chi connectivity index (χ1n) is 14.8. The number of hydrogen-bond donors (Lipinski definition) is 3. The summed E-state index contributed by atoms with van der Waals surface area (Å²) in [4.78, 5) is 13.0. The Balaban J connectivity index is 1.97. The monoisotopic (exact) mass is 550 g/mol. The summed E-state index contributed by atoms with van der Waals surface area (Å²) in [5.74, 6) is 1.84. The molecular formula is C31H54N2O6. The second-order valence-corrected chi connectivity index (χ2v) is 11.7. The van der Waals surface area contributed by atoms with Gasteiger partial charge >= 0.3 is 0 Å². The van der Waals surface area contributed by atoms with Gasteiger partial charge in [0, 0.05) is 45.2 Å². The van der Waals surface area contributed by atoms with E-state index >= 15 is 0 Å². The maximum absolute atomic E-state index is 13.0. The number of aliphatic hydroxyl groups is 1. The van der Waals surface area contributed by atoms with Gasteiger partial charge in [0.05, 0.1) is 25.9 Å². The number of carbonyl (C=O) groups excluding carboxylic acids is 1. The predicted molar refractivity (Wildman–Crippen MR) is 155 cm³/mol. The van der Waals surface area contributed by atoms with E-state index in [0.29, 0.717) is 44.3 Å². The highest BCUT2D eigenvalue weighted by atomic mass is 16.5. The first-order chi connectivity index (χ1) is 18.7. The molecule has 8 nitrogen and oxygen atoms in total. The van der Waals surface area contributed by atoms with Gasteiger partial charge in [-0.3, -0.25) is 4.79 Å².